The number of rotatable bonds is 9. The second-order valence-corrected chi connectivity index (χ2v) is 7.44. The molecular weight excluding hydrogens is 416 g/mol. The van der Waals surface area contributed by atoms with Crippen LogP contribution in [0.4, 0.5) is 10.5 Å². The molecule has 0 unspecified atom stereocenters. The van der Waals surface area contributed by atoms with Crippen molar-refractivity contribution < 1.29 is 23.9 Å². The van der Waals surface area contributed by atoms with E-state index in [0.29, 0.717) is 36.0 Å². The first-order valence-electron chi connectivity index (χ1n) is 9.62. The van der Waals surface area contributed by atoms with E-state index in [2.05, 4.69) is 11.9 Å². The van der Waals surface area contributed by atoms with E-state index in [1.165, 1.54) is 0 Å². The highest BCUT2D eigenvalue weighted by atomic mass is 32.2. The minimum Gasteiger partial charge on any atom is -0.494 e. The molecule has 0 bridgehead atoms. The fourth-order valence-corrected chi connectivity index (χ4v) is 3.62. The molecule has 3 amide bonds. The number of nitrogens with one attached hydrogen (secondary N) is 1. The molecule has 0 radical (unpaired) electrons. The number of imide groups is 1. The van der Waals surface area contributed by atoms with Gasteiger partial charge in [0.25, 0.3) is 11.1 Å². The molecule has 31 heavy (non-hydrogen) atoms. The molecule has 2 aromatic carbocycles. The Balaban J connectivity index is 1.63. The lowest BCUT2D eigenvalue weighted by Gasteiger charge is -2.12. The summed E-state index contributed by atoms with van der Waals surface area (Å²) in [4.78, 5) is 38.5. The normalized spacial score (nSPS) is 14.6. The number of anilines is 1. The number of hydrogen-bond donors (Lipinski definition) is 1. The van der Waals surface area contributed by atoms with E-state index in [0.717, 1.165) is 16.7 Å². The van der Waals surface area contributed by atoms with Crippen LogP contribution in [-0.4, -0.2) is 41.7 Å². The number of amides is 3. The minimum atomic E-state index is -0.505. The van der Waals surface area contributed by atoms with Gasteiger partial charge in [0, 0.05) is 5.69 Å². The van der Waals surface area contributed by atoms with E-state index in [9.17, 15) is 14.4 Å². The Morgan fingerprint density at radius 2 is 1.90 bits per heavy atom. The van der Waals surface area contributed by atoms with Gasteiger partial charge in [0.05, 0.1) is 11.5 Å². The summed E-state index contributed by atoms with van der Waals surface area (Å²) in [6, 6.07) is 14.0. The van der Waals surface area contributed by atoms with Gasteiger partial charge in [-0.15, -0.1) is 0 Å². The summed E-state index contributed by atoms with van der Waals surface area (Å²) in [7, 11) is 0. The average molecular weight is 439 g/mol. The lowest BCUT2D eigenvalue weighted by Crippen LogP contribution is -2.36. The first-order valence-corrected chi connectivity index (χ1v) is 10.4. The molecule has 1 N–H and O–H groups in total. The lowest BCUT2D eigenvalue weighted by atomic mass is 10.2. The number of benzene rings is 2. The average Bonchev–Trinajstić information content (AvgIpc) is 3.01. The third kappa shape index (κ3) is 5.99. The molecule has 3 rings (SSSR count). The van der Waals surface area contributed by atoms with Gasteiger partial charge in [-0.25, -0.2) is 0 Å². The van der Waals surface area contributed by atoms with Crippen LogP contribution in [0.25, 0.3) is 6.08 Å². The molecule has 2 aromatic rings. The molecule has 0 aliphatic carbocycles. The van der Waals surface area contributed by atoms with Gasteiger partial charge in [0.15, 0.2) is 0 Å². The van der Waals surface area contributed by atoms with E-state index in [4.69, 9.17) is 9.47 Å². The van der Waals surface area contributed by atoms with Crippen molar-refractivity contribution in [3.8, 4) is 11.5 Å². The first-order chi connectivity index (χ1) is 15.0. The number of ether oxygens (including phenoxy) is 2. The molecule has 160 valence electrons. The Kier molecular flexibility index (Phi) is 7.50. The van der Waals surface area contributed by atoms with Gasteiger partial charge in [-0.2, -0.15) is 0 Å². The predicted octanol–water partition coefficient (Wildman–Crippen LogP) is 4.33. The highest BCUT2D eigenvalue weighted by Crippen LogP contribution is 2.32. The summed E-state index contributed by atoms with van der Waals surface area (Å²) >= 11 is 0.801. The van der Waals surface area contributed by atoms with Crippen molar-refractivity contribution in [2.24, 2.45) is 0 Å². The summed E-state index contributed by atoms with van der Waals surface area (Å²) in [5.41, 5.74) is 1.26. The zero-order chi connectivity index (χ0) is 22.2. The van der Waals surface area contributed by atoms with Crippen LogP contribution < -0.4 is 14.8 Å². The van der Waals surface area contributed by atoms with Gasteiger partial charge >= 0.3 is 0 Å². The molecule has 1 heterocycles. The SMILES string of the molecule is C=CCOc1cccc(/C=C2/SC(=O)N(CC(=O)Nc3ccc(OCC)cc3)C2=O)c1. The Morgan fingerprint density at radius 1 is 1.13 bits per heavy atom. The second kappa shape index (κ2) is 10.5. The van der Waals surface area contributed by atoms with Crippen molar-refractivity contribution in [3.05, 3.63) is 71.7 Å². The summed E-state index contributed by atoms with van der Waals surface area (Å²) in [6.07, 6.45) is 3.24. The van der Waals surface area contributed by atoms with Crippen molar-refractivity contribution in [2.45, 2.75) is 6.92 Å². The number of hydrogen-bond acceptors (Lipinski definition) is 6. The minimum absolute atomic E-state index is 0.250. The molecule has 1 saturated heterocycles. The topological polar surface area (TPSA) is 84.9 Å². The highest BCUT2D eigenvalue weighted by Gasteiger charge is 2.36. The van der Waals surface area contributed by atoms with Crippen LogP contribution in [0.15, 0.2) is 66.1 Å². The van der Waals surface area contributed by atoms with E-state index < -0.39 is 17.1 Å². The van der Waals surface area contributed by atoms with Crippen LogP contribution in [0.5, 0.6) is 11.5 Å². The molecule has 8 heteroatoms. The third-order valence-corrected chi connectivity index (χ3v) is 5.06. The largest absolute Gasteiger partial charge is 0.494 e. The quantitative estimate of drug-likeness (QED) is 0.464. The Morgan fingerprint density at radius 3 is 2.61 bits per heavy atom. The fraction of sp³-hybridized carbons (Fsp3) is 0.174. The van der Waals surface area contributed by atoms with Crippen molar-refractivity contribution in [1.82, 2.24) is 4.90 Å². The van der Waals surface area contributed by atoms with Crippen molar-refractivity contribution in [3.63, 3.8) is 0 Å². The zero-order valence-corrected chi connectivity index (χ0v) is 17.8. The summed E-state index contributed by atoms with van der Waals surface area (Å²) < 4.78 is 10.8. The van der Waals surface area contributed by atoms with E-state index >= 15 is 0 Å². The summed E-state index contributed by atoms with van der Waals surface area (Å²) in [5.74, 6) is 0.347. The maximum Gasteiger partial charge on any atom is 0.294 e. The molecule has 1 aliphatic rings. The fourth-order valence-electron chi connectivity index (χ4n) is 2.78. The molecule has 0 saturated carbocycles. The second-order valence-electron chi connectivity index (χ2n) is 6.45. The molecule has 1 aliphatic heterocycles. The molecule has 7 nitrogen and oxygen atoms in total. The van der Waals surface area contributed by atoms with Gasteiger partial charge in [-0.3, -0.25) is 19.3 Å². The van der Waals surface area contributed by atoms with Crippen molar-refractivity contribution in [2.75, 3.05) is 25.1 Å². The monoisotopic (exact) mass is 438 g/mol. The van der Waals surface area contributed by atoms with Crippen molar-refractivity contribution in [1.29, 1.82) is 0 Å². The van der Waals surface area contributed by atoms with Crippen LogP contribution in [0.3, 0.4) is 0 Å². The first kappa shape index (κ1) is 22.2. The van der Waals surface area contributed by atoms with Gasteiger partial charge in [-0.1, -0.05) is 24.8 Å². The summed E-state index contributed by atoms with van der Waals surface area (Å²) in [5, 5.41) is 2.19. The van der Waals surface area contributed by atoms with Gasteiger partial charge < -0.3 is 14.8 Å². The standard InChI is InChI=1S/C23H22N2O5S/c1-3-12-30-19-7-5-6-16(13-19)14-20-22(27)25(23(28)31-20)15-21(26)24-17-8-10-18(11-9-17)29-4-2/h3,5-11,13-14H,1,4,12,15H2,2H3,(H,24,26)/b20-14+. The molecule has 1 fully saturated rings. The number of thioether (sulfide) groups is 1. The Hall–Kier alpha value is -3.52. The van der Waals surface area contributed by atoms with Crippen molar-refractivity contribution >= 4 is 40.6 Å². The van der Waals surface area contributed by atoms with Crippen LogP contribution >= 0.6 is 11.8 Å². The van der Waals surface area contributed by atoms with E-state index in [-0.39, 0.29) is 11.4 Å². The van der Waals surface area contributed by atoms with E-state index in [1.54, 1.807) is 60.7 Å². The van der Waals surface area contributed by atoms with Crippen LogP contribution in [0, 0.1) is 0 Å². The van der Waals surface area contributed by atoms with Gasteiger partial charge in [0.1, 0.15) is 24.7 Å². The Bertz CT molecular complexity index is 1020. The van der Waals surface area contributed by atoms with Crippen LogP contribution in [0.1, 0.15) is 12.5 Å². The number of nitrogens with zero attached hydrogens (tertiary/aromatic N) is 1. The zero-order valence-electron chi connectivity index (χ0n) is 17.0. The molecule has 0 aromatic heterocycles. The highest BCUT2D eigenvalue weighted by molar-refractivity contribution is 8.18. The van der Waals surface area contributed by atoms with Crippen LogP contribution in [-0.2, 0) is 9.59 Å². The van der Waals surface area contributed by atoms with Gasteiger partial charge in [-0.05, 0) is 66.7 Å². The molecular formula is C23H22N2O5S. The van der Waals surface area contributed by atoms with Crippen LogP contribution in [0.2, 0.25) is 0 Å². The van der Waals surface area contributed by atoms with Gasteiger partial charge in [0.2, 0.25) is 5.91 Å². The number of carbonyl (C=O) groups excluding carboxylic acids is 3. The molecule has 0 spiro atoms. The Labute approximate surface area is 184 Å². The predicted molar refractivity (Wildman–Crippen MR) is 121 cm³/mol. The number of carbonyl (C=O) groups is 3. The maximum atomic E-state index is 12.7. The third-order valence-electron chi connectivity index (χ3n) is 4.15. The smallest absolute Gasteiger partial charge is 0.294 e. The maximum absolute atomic E-state index is 12.7. The van der Waals surface area contributed by atoms with E-state index in [1.807, 2.05) is 6.92 Å². The summed E-state index contributed by atoms with van der Waals surface area (Å²) in [6.45, 7) is 6.03. The molecule has 0 atom stereocenters. The lowest BCUT2D eigenvalue weighted by molar-refractivity contribution is -0.127.